The SMILES string of the molecule is OC1CC(O)C(O)C(O)C(O)C(O)C1O. The molecule has 1 fully saturated rings. The molecular formula is C8H16O7. The van der Waals surface area contributed by atoms with Crippen molar-refractivity contribution < 1.29 is 35.7 Å². The molecule has 0 amide bonds. The van der Waals surface area contributed by atoms with E-state index in [-0.39, 0.29) is 0 Å². The third-order valence-electron chi connectivity index (χ3n) is 2.67. The van der Waals surface area contributed by atoms with Crippen LogP contribution in [0.25, 0.3) is 0 Å². The minimum Gasteiger partial charge on any atom is -0.390 e. The molecule has 0 heterocycles. The van der Waals surface area contributed by atoms with Crippen LogP contribution in [0.4, 0.5) is 0 Å². The molecular weight excluding hydrogens is 208 g/mol. The highest BCUT2D eigenvalue weighted by Crippen LogP contribution is 2.20. The maximum atomic E-state index is 9.29. The molecule has 7 heteroatoms. The Bertz CT molecular complexity index is 191. The van der Waals surface area contributed by atoms with E-state index in [1.165, 1.54) is 0 Å². The van der Waals surface area contributed by atoms with Crippen LogP contribution < -0.4 is 0 Å². The second-order valence-corrected chi connectivity index (χ2v) is 3.82. The molecule has 0 aromatic heterocycles. The van der Waals surface area contributed by atoms with Crippen molar-refractivity contribution in [1.82, 2.24) is 0 Å². The fourth-order valence-electron chi connectivity index (χ4n) is 1.59. The van der Waals surface area contributed by atoms with Gasteiger partial charge in [0.25, 0.3) is 0 Å². The van der Waals surface area contributed by atoms with Gasteiger partial charge in [-0.2, -0.15) is 0 Å². The maximum Gasteiger partial charge on any atom is 0.111 e. The van der Waals surface area contributed by atoms with Crippen LogP contribution in [-0.4, -0.2) is 78.5 Å². The van der Waals surface area contributed by atoms with Crippen molar-refractivity contribution in [2.24, 2.45) is 0 Å². The Morgan fingerprint density at radius 1 is 0.467 bits per heavy atom. The second kappa shape index (κ2) is 4.71. The van der Waals surface area contributed by atoms with Crippen molar-refractivity contribution in [3.63, 3.8) is 0 Å². The molecule has 0 saturated heterocycles. The Balaban J connectivity index is 2.85. The largest absolute Gasteiger partial charge is 0.390 e. The summed E-state index contributed by atoms with van der Waals surface area (Å²) in [7, 11) is 0. The molecule has 0 aromatic carbocycles. The smallest absolute Gasteiger partial charge is 0.111 e. The summed E-state index contributed by atoms with van der Waals surface area (Å²) in [5.41, 5.74) is 0. The molecule has 6 unspecified atom stereocenters. The first-order chi connectivity index (χ1) is 6.86. The molecule has 6 atom stereocenters. The predicted molar refractivity (Wildman–Crippen MR) is 46.7 cm³/mol. The number of hydrogen-bond acceptors (Lipinski definition) is 7. The van der Waals surface area contributed by atoms with Crippen LogP contribution in [0, 0.1) is 0 Å². The molecule has 0 bridgehead atoms. The normalized spacial score (nSPS) is 53.4. The fourth-order valence-corrected chi connectivity index (χ4v) is 1.59. The van der Waals surface area contributed by atoms with Gasteiger partial charge in [0, 0.05) is 6.42 Å². The highest BCUT2D eigenvalue weighted by molar-refractivity contribution is 4.94. The van der Waals surface area contributed by atoms with Crippen LogP contribution in [0.2, 0.25) is 0 Å². The van der Waals surface area contributed by atoms with Crippen molar-refractivity contribution >= 4 is 0 Å². The van der Waals surface area contributed by atoms with E-state index < -0.39 is 49.1 Å². The van der Waals surface area contributed by atoms with Crippen LogP contribution >= 0.6 is 0 Å². The lowest BCUT2D eigenvalue weighted by molar-refractivity contribution is -0.191. The summed E-state index contributed by atoms with van der Waals surface area (Å²) in [6.45, 7) is 0. The maximum absolute atomic E-state index is 9.29. The fraction of sp³-hybridized carbons (Fsp3) is 1.00. The molecule has 1 aliphatic carbocycles. The lowest BCUT2D eigenvalue weighted by Gasteiger charge is -2.36. The molecule has 90 valence electrons. The first-order valence-electron chi connectivity index (χ1n) is 4.62. The predicted octanol–water partition coefficient (Wildman–Crippen LogP) is -4.08. The van der Waals surface area contributed by atoms with E-state index in [9.17, 15) is 35.7 Å². The third kappa shape index (κ3) is 2.45. The van der Waals surface area contributed by atoms with Crippen LogP contribution in [0.1, 0.15) is 6.42 Å². The minimum atomic E-state index is -1.83. The highest BCUT2D eigenvalue weighted by Gasteiger charge is 2.43. The molecule has 0 aromatic rings. The topological polar surface area (TPSA) is 142 Å². The average molecular weight is 224 g/mol. The molecule has 15 heavy (non-hydrogen) atoms. The average Bonchev–Trinajstić information content (AvgIpc) is 2.22. The van der Waals surface area contributed by atoms with Gasteiger partial charge in [-0.3, -0.25) is 0 Å². The number of aliphatic hydroxyl groups is 7. The van der Waals surface area contributed by atoms with Crippen molar-refractivity contribution in [1.29, 1.82) is 0 Å². The Labute approximate surface area is 85.8 Å². The summed E-state index contributed by atoms with van der Waals surface area (Å²) in [6.07, 6.45) is -12.1. The Hall–Kier alpha value is -0.280. The van der Waals surface area contributed by atoms with Gasteiger partial charge in [0.1, 0.15) is 30.5 Å². The van der Waals surface area contributed by atoms with E-state index in [2.05, 4.69) is 0 Å². The molecule has 1 saturated carbocycles. The minimum absolute atomic E-state index is 0.400. The number of aliphatic hydroxyl groups excluding tert-OH is 7. The van der Waals surface area contributed by atoms with E-state index in [1.54, 1.807) is 0 Å². The molecule has 1 rings (SSSR count). The first-order valence-corrected chi connectivity index (χ1v) is 4.62. The van der Waals surface area contributed by atoms with Crippen molar-refractivity contribution in [3.05, 3.63) is 0 Å². The first kappa shape index (κ1) is 12.8. The van der Waals surface area contributed by atoms with Crippen LogP contribution in [0.5, 0.6) is 0 Å². The molecule has 1 aliphatic rings. The number of hydrogen-bond donors (Lipinski definition) is 7. The highest BCUT2D eigenvalue weighted by atomic mass is 16.4. The molecule has 7 N–H and O–H groups in total. The second-order valence-electron chi connectivity index (χ2n) is 3.82. The van der Waals surface area contributed by atoms with Gasteiger partial charge in [-0.05, 0) is 0 Å². The van der Waals surface area contributed by atoms with Crippen LogP contribution in [0.15, 0.2) is 0 Å². The summed E-state index contributed by atoms with van der Waals surface area (Å²) in [5.74, 6) is 0. The van der Waals surface area contributed by atoms with Crippen LogP contribution in [-0.2, 0) is 0 Å². The third-order valence-corrected chi connectivity index (χ3v) is 2.67. The number of rotatable bonds is 0. The van der Waals surface area contributed by atoms with Crippen molar-refractivity contribution in [3.8, 4) is 0 Å². The lowest BCUT2D eigenvalue weighted by Crippen LogP contribution is -2.58. The summed E-state index contributed by atoms with van der Waals surface area (Å²) >= 11 is 0. The molecule has 0 radical (unpaired) electrons. The van der Waals surface area contributed by atoms with Crippen LogP contribution in [0.3, 0.4) is 0 Å². The van der Waals surface area contributed by atoms with Gasteiger partial charge < -0.3 is 35.7 Å². The van der Waals surface area contributed by atoms with E-state index in [1.807, 2.05) is 0 Å². The van der Waals surface area contributed by atoms with Crippen molar-refractivity contribution in [2.45, 2.75) is 49.1 Å². The molecule has 0 aliphatic heterocycles. The van der Waals surface area contributed by atoms with Gasteiger partial charge >= 0.3 is 0 Å². The Kier molecular flexibility index (Phi) is 4.01. The summed E-state index contributed by atoms with van der Waals surface area (Å²) in [6, 6.07) is 0. The van der Waals surface area contributed by atoms with E-state index >= 15 is 0 Å². The van der Waals surface area contributed by atoms with E-state index in [0.29, 0.717) is 0 Å². The lowest BCUT2D eigenvalue weighted by atomic mass is 9.87. The van der Waals surface area contributed by atoms with E-state index in [0.717, 1.165) is 0 Å². The zero-order chi connectivity index (χ0) is 11.7. The monoisotopic (exact) mass is 224 g/mol. The standard InChI is InChI=1S/C8H16O7/c9-2-1-3(10)5(12)7(14)8(15)6(13)4(2)11/h2-15H,1H2. The van der Waals surface area contributed by atoms with E-state index in [4.69, 9.17) is 0 Å². The Morgan fingerprint density at radius 2 is 0.733 bits per heavy atom. The van der Waals surface area contributed by atoms with Gasteiger partial charge in [-0.15, -0.1) is 0 Å². The van der Waals surface area contributed by atoms with Gasteiger partial charge in [0.15, 0.2) is 0 Å². The molecule has 7 nitrogen and oxygen atoms in total. The quantitative estimate of drug-likeness (QED) is 0.222. The van der Waals surface area contributed by atoms with Gasteiger partial charge in [0.2, 0.25) is 0 Å². The zero-order valence-corrected chi connectivity index (χ0v) is 7.88. The van der Waals surface area contributed by atoms with Gasteiger partial charge in [0.05, 0.1) is 12.2 Å². The van der Waals surface area contributed by atoms with Gasteiger partial charge in [-0.1, -0.05) is 0 Å². The summed E-state index contributed by atoms with van der Waals surface area (Å²) in [4.78, 5) is 0. The summed E-state index contributed by atoms with van der Waals surface area (Å²) < 4.78 is 0. The van der Waals surface area contributed by atoms with Crippen molar-refractivity contribution in [2.75, 3.05) is 0 Å². The zero-order valence-electron chi connectivity index (χ0n) is 7.88. The van der Waals surface area contributed by atoms with Gasteiger partial charge in [-0.25, -0.2) is 0 Å². The Morgan fingerprint density at radius 3 is 1.07 bits per heavy atom. The molecule has 0 spiro atoms. The summed E-state index contributed by atoms with van der Waals surface area (Å²) in [5, 5.41) is 65.0.